The van der Waals surface area contributed by atoms with Crippen LogP contribution in [0.3, 0.4) is 0 Å². The first-order chi connectivity index (χ1) is 10.0. The van der Waals surface area contributed by atoms with Crippen LogP contribution in [-0.2, 0) is 28.3 Å². The Hall–Kier alpha value is -2.24. The SMILES string of the molecule is CCOC(=O)Cc1c(C(F)(F)F)ccc(C#N)c1C(F)(F)F. The molecule has 9 heteroatoms. The van der Waals surface area contributed by atoms with Crippen molar-refractivity contribution in [3.8, 4) is 6.07 Å². The number of esters is 1. The quantitative estimate of drug-likeness (QED) is 0.629. The maximum atomic E-state index is 13.0. The molecule has 0 radical (unpaired) electrons. The maximum Gasteiger partial charge on any atom is 0.417 e. The van der Waals surface area contributed by atoms with E-state index in [0.717, 1.165) is 0 Å². The molecule has 0 amide bonds. The predicted octanol–water partition coefficient (Wildman–Crippen LogP) is 3.70. The number of carbonyl (C=O) groups excluding carboxylic acids is 1. The molecule has 0 spiro atoms. The van der Waals surface area contributed by atoms with Crippen LogP contribution in [0.15, 0.2) is 12.1 Å². The molecule has 0 aliphatic heterocycles. The Morgan fingerprint density at radius 1 is 1.18 bits per heavy atom. The number of halogens is 6. The molecule has 120 valence electrons. The van der Waals surface area contributed by atoms with Crippen LogP contribution in [0, 0.1) is 11.3 Å². The molecule has 22 heavy (non-hydrogen) atoms. The van der Waals surface area contributed by atoms with Crippen molar-refractivity contribution in [1.29, 1.82) is 5.26 Å². The minimum Gasteiger partial charge on any atom is -0.466 e. The van der Waals surface area contributed by atoms with Gasteiger partial charge in [0, 0.05) is 0 Å². The van der Waals surface area contributed by atoms with Crippen molar-refractivity contribution in [1.82, 2.24) is 0 Å². The summed E-state index contributed by atoms with van der Waals surface area (Å²) >= 11 is 0. The van der Waals surface area contributed by atoms with E-state index in [2.05, 4.69) is 4.74 Å². The summed E-state index contributed by atoms with van der Waals surface area (Å²) in [5.74, 6) is -1.24. The normalized spacial score (nSPS) is 11.9. The number of hydrogen-bond donors (Lipinski definition) is 0. The lowest BCUT2D eigenvalue weighted by atomic mass is 9.93. The number of benzene rings is 1. The van der Waals surface area contributed by atoms with Gasteiger partial charge in [0.1, 0.15) is 0 Å². The Morgan fingerprint density at radius 3 is 2.18 bits per heavy atom. The second-order valence-electron chi connectivity index (χ2n) is 4.10. The van der Waals surface area contributed by atoms with Crippen molar-refractivity contribution in [2.24, 2.45) is 0 Å². The highest BCUT2D eigenvalue weighted by molar-refractivity contribution is 5.74. The van der Waals surface area contributed by atoms with Crippen LogP contribution in [0.5, 0.6) is 0 Å². The van der Waals surface area contributed by atoms with Crippen LogP contribution in [0.1, 0.15) is 29.2 Å². The van der Waals surface area contributed by atoms with E-state index in [1.54, 1.807) is 0 Å². The fraction of sp³-hybridized carbons (Fsp3) is 0.385. The number of alkyl halides is 6. The number of ether oxygens (including phenoxy) is 1. The largest absolute Gasteiger partial charge is 0.466 e. The Kier molecular flexibility index (Phi) is 5.06. The van der Waals surface area contributed by atoms with Gasteiger partial charge in [0.25, 0.3) is 0 Å². The number of carbonyl (C=O) groups is 1. The van der Waals surface area contributed by atoms with Gasteiger partial charge in [-0.15, -0.1) is 0 Å². The fourth-order valence-corrected chi connectivity index (χ4v) is 1.87. The lowest BCUT2D eigenvalue weighted by Crippen LogP contribution is -2.21. The van der Waals surface area contributed by atoms with E-state index in [0.29, 0.717) is 12.1 Å². The van der Waals surface area contributed by atoms with Crippen LogP contribution in [0.4, 0.5) is 26.3 Å². The lowest BCUT2D eigenvalue weighted by Gasteiger charge is -2.19. The van der Waals surface area contributed by atoms with Crippen molar-refractivity contribution in [2.45, 2.75) is 25.7 Å². The Labute approximate surface area is 121 Å². The molecule has 0 fully saturated rings. The summed E-state index contributed by atoms with van der Waals surface area (Å²) in [6, 6.07) is 1.97. The van der Waals surface area contributed by atoms with Gasteiger partial charge in [-0.25, -0.2) is 0 Å². The van der Waals surface area contributed by atoms with Crippen LogP contribution in [0.25, 0.3) is 0 Å². The number of hydrogen-bond acceptors (Lipinski definition) is 3. The zero-order chi connectivity index (χ0) is 17.1. The van der Waals surface area contributed by atoms with Gasteiger partial charge in [-0.05, 0) is 24.6 Å². The lowest BCUT2D eigenvalue weighted by molar-refractivity contribution is -0.146. The van der Waals surface area contributed by atoms with Gasteiger partial charge in [0.15, 0.2) is 0 Å². The highest BCUT2D eigenvalue weighted by Crippen LogP contribution is 2.41. The molecule has 0 unspecified atom stereocenters. The molecular formula is C13H9F6NO2. The first kappa shape index (κ1) is 17.8. The Balaban J connectivity index is 3.64. The van der Waals surface area contributed by atoms with Gasteiger partial charge in [0.05, 0.1) is 35.8 Å². The topological polar surface area (TPSA) is 50.1 Å². The minimum atomic E-state index is -5.21. The van der Waals surface area contributed by atoms with Gasteiger partial charge in [-0.1, -0.05) is 0 Å². The van der Waals surface area contributed by atoms with Crippen molar-refractivity contribution in [3.05, 3.63) is 34.4 Å². The highest BCUT2D eigenvalue weighted by Gasteiger charge is 2.43. The molecular weight excluding hydrogens is 316 g/mol. The Morgan fingerprint density at radius 2 is 1.77 bits per heavy atom. The minimum absolute atomic E-state index is 0.195. The first-order valence-electron chi connectivity index (χ1n) is 5.88. The summed E-state index contributed by atoms with van der Waals surface area (Å²) in [7, 11) is 0. The van der Waals surface area contributed by atoms with Crippen molar-refractivity contribution in [2.75, 3.05) is 6.61 Å². The smallest absolute Gasteiger partial charge is 0.417 e. The Bertz CT molecular complexity index is 613. The molecule has 0 heterocycles. The zero-order valence-corrected chi connectivity index (χ0v) is 11.1. The second-order valence-corrected chi connectivity index (χ2v) is 4.10. The van der Waals surface area contributed by atoms with Crippen molar-refractivity contribution in [3.63, 3.8) is 0 Å². The zero-order valence-electron chi connectivity index (χ0n) is 11.1. The van der Waals surface area contributed by atoms with E-state index in [4.69, 9.17) is 5.26 Å². The van der Waals surface area contributed by atoms with Gasteiger partial charge in [0.2, 0.25) is 0 Å². The summed E-state index contributed by atoms with van der Waals surface area (Å²) in [5.41, 5.74) is -5.68. The van der Waals surface area contributed by atoms with Gasteiger partial charge < -0.3 is 4.74 Å². The molecule has 1 aromatic carbocycles. The third-order valence-corrected chi connectivity index (χ3v) is 2.65. The van der Waals surface area contributed by atoms with Crippen LogP contribution < -0.4 is 0 Å². The van der Waals surface area contributed by atoms with Crippen LogP contribution >= 0.6 is 0 Å². The van der Waals surface area contributed by atoms with Gasteiger partial charge >= 0.3 is 18.3 Å². The second kappa shape index (κ2) is 6.25. The molecule has 0 saturated carbocycles. The average Bonchev–Trinajstić information content (AvgIpc) is 2.35. The molecule has 1 rings (SSSR count). The maximum absolute atomic E-state index is 13.0. The number of nitrogens with zero attached hydrogens (tertiary/aromatic N) is 1. The van der Waals surface area contributed by atoms with Crippen molar-refractivity contribution < 1.29 is 35.9 Å². The van der Waals surface area contributed by atoms with E-state index in [1.807, 2.05) is 0 Å². The highest BCUT2D eigenvalue weighted by atomic mass is 19.4. The molecule has 3 nitrogen and oxygen atoms in total. The van der Waals surface area contributed by atoms with Crippen molar-refractivity contribution >= 4 is 5.97 Å². The molecule has 0 saturated heterocycles. The first-order valence-corrected chi connectivity index (χ1v) is 5.88. The van der Waals surface area contributed by atoms with E-state index in [-0.39, 0.29) is 6.61 Å². The third kappa shape index (κ3) is 3.90. The van der Waals surface area contributed by atoms with E-state index in [9.17, 15) is 31.1 Å². The monoisotopic (exact) mass is 325 g/mol. The van der Waals surface area contributed by atoms with Gasteiger partial charge in [-0.2, -0.15) is 31.6 Å². The summed E-state index contributed by atoms with van der Waals surface area (Å²) in [6.45, 7) is 1.17. The van der Waals surface area contributed by atoms with Crippen LogP contribution in [0.2, 0.25) is 0 Å². The molecule has 0 N–H and O–H groups in total. The molecule has 0 aromatic heterocycles. The third-order valence-electron chi connectivity index (χ3n) is 2.65. The fourth-order valence-electron chi connectivity index (χ4n) is 1.87. The molecule has 0 bridgehead atoms. The number of rotatable bonds is 3. The summed E-state index contributed by atoms with van der Waals surface area (Å²) in [4.78, 5) is 11.3. The average molecular weight is 325 g/mol. The summed E-state index contributed by atoms with van der Waals surface area (Å²) in [5, 5.41) is 8.69. The molecule has 0 aliphatic rings. The molecule has 1 aromatic rings. The summed E-state index contributed by atoms with van der Waals surface area (Å²) < 4.78 is 82.1. The number of nitriles is 1. The molecule has 0 aliphatic carbocycles. The predicted molar refractivity (Wildman–Crippen MR) is 61.5 cm³/mol. The van der Waals surface area contributed by atoms with E-state index < -0.39 is 47.0 Å². The standard InChI is InChI=1S/C13H9F6NO2/c1-2-22-10(21)5-8-9(12(14,15)16)4-3-7(6-20)11(8)13(17,18)19/h3-4H,2,5H2,1H3. The van der Waals surface area contributed by atoms with E-state index in [1.165, 1.54) is 13.0 Å². The van der Waals surface area contributed by atoms with Gasteiger partial charge in [-0.3, -0.25) is 4.79 Å². The summed E-state index contributed by atoms with van der Waals surface area (Å²) in [6.07, 6.45) is -11.5. The van der Waals surface area contributed by atoms with Crippen LogP contribution in [-0.4, -0.2) is 12.6 Å². The molecule has 0 atom stereocenters. The van der Waals surface area contributed by atoms with E-state index >= 15 is 0 Å².